The minimum atomic E-state index is -0.339. The van der Waals surface area contributed by atoms with Crippen LogP contribution in [0.1, 0.15) is 33.6 Å². The van der Waals surface area contributed by atoms with Crippen molar-refractivity contribution in [3.05, 3.63) is 64.1 Å². The van der Waals surface area contributed by atoms with E-state index in [2.05, 4.69) is 55.3 Å². The Morgan fingerprint density at radius 3 is 2.38 bits per heavy atom. The molecule has 8 heteroatoms. The van der Waals surface area contributed by atoms with Crippen LogP contribution in [0.25, 0.3) is 0 Å². The third kappa shape index (κ3) is 5.19. The molecule has 2 heterocycles. The van der Waals surface area contributed by atoms with Crippen LogP contribution in [-0.4, -0.2) is 73.3 Å². The molecule has 0 bridgehead atoms. The molecule has 2 aliphatic rings. The van der Waals surface area contributed by atoms with Gasteiger partial charge in [0, 0.05) is 55.8 Å². The second-order valence-electron chi connectivity index (χ2n) is 8.07. The van der Waals surface area contributed by atoms with Gasteiger partial charge in [0.25, 0.3) is 11.8 Å². The Morgan fingerprint density at radius 2 is 1.62 bits per heavy atom. The van der Waals surface area contributed by atoms with Gasteiger partial charge in [-0.3, -0.25) is 24.2 Å². The Morgan fingerprint density at radius 1 is 0.906 bits per heavy atom. The summed E-state index contributed by atoms with van der Waals surface area (Å²) in [7, 11) is 0. The molecule has 2 aromatic rings. The fraction of sp³-hybridized carbons (Fsp3) is 0.375. The largest absolute Gasteiger partial charge is 0.369 e. The molecule has 1 saturated heterocycles. The van der Waals surface area contributed by atoms with Gasteiger partial charge in [-0.05, 0) is 43.3 Å². The van der Waals surface area contributed by atoms with E-state index in [1.807, 2.05) is 6.07 Å². The number of para-hydroxylation sites is 1. The molecule has 0 saturated carbocycles. The van der Waals surface area contributed by atoms with E-state index >= 15 is 0 Å². The third-order valence-corrected chi connectivity index (χ3v) is 6.46. The smallest absolute Gasteiger partial charge is 0.261 e. The number of rotatable bonds is 8. The number of halogens is 1. The number of nitrogens with one attached hydrogen (secondary N) is 1. The molecule has 2 aliphatic heterocycles. The van der Waals surface area contributed by atoms with Crippen molar-refractivity contribution < 1.29 is 14.4 Å². The fourth-order valence-electron chi connectivity index (χ4n) is 4.17. The summed E-state index contributed by atoms with van der Waals surface area (Å²) in [4.78, 5) is 43.1. The SMILES string of the molecule is O=C(CCN1C(=O)c2ccc(Br)cc2C1=O)NCCCN1CCN(c2ccccc2)CC1. The van der Waals surface area contributed by atoms with Crippen LogP contribution in [-0.2, 0) is 4.79 Å². The minimum absolute atomic E-state index is 0.0945. The number of anilines is 1. The van der Waals surface area contributed by atoms with Crippen molar-refractivity contribution in [3.8, 4) is 0 Å². The predicted octanol–water partition coefficient (Wildman–Crippen LogP) is 2.76. The van der Waals surface area contributed by atoms with E-state index < -0.39 is 0 Å². The summed E-state index contributed by atoms with van der Waals surface area (Å²) in [6.45, 7) is 5.66. The van der Waals surface area contributed by atoms with E-state index in [9.17, 15) is 14.4 Å². The Hall–Kier alpha value is -2.71. The van der Waals surface area contributed by atoms with Gasteiger partial charge >= 0.3 is 0 Å². The molecule has 7 nitrogen and oxygen atoms in total. The van der Waals surface area contributed by atoms with Gasteiger partial charge in [-0.2, -0.15) is 0 Å². The maximum atomic E-state index is 12.5. The average molecular weight is 499 g/mol. The van der Waals surface area contributed by atoms with Gasteiger partial charge in [0.05, 0.1) is 11.1 Å². The van der Waals surface area contributed by atoms with Crippen LogP contribution >= 0.6 is 15.9 Å². The number of nitrogens with zero attached hydrogens (tertiary/aromatic N) is 3. The Bertz CT molecular complexity index is 990. The van der Waals surface area contributed by atoms with Gasteiger partial charge in [0.2, 0.25) is 5.91 Å². The van der Waals surface area contributed by atoms with Crippen LogP contribution in [0.3, 0.4) is 0 Å². The van der Waals surface area contributed by atoms with E-state index in [0.29, 0.717) is 17.7 Å². The molecule has 32 heavy (non-hydrogen) atoms. The zero-order chi connectivity index (χ0) is 22.5. The molecule has 1 fully saturated rings. The standard InChI is InChI=1S/C24H27BrN4O3/c25-18-7-8-20-21(17-18)24(32)29(23(20)31)12-9-22(30)26-10-4-11-27-13-15-28(16-14-27)19-5-2-1-3-6-19/h1-3,5-8,17H,4,9-16H2,(H,26,30). The second kappa shape index (κ2) is 10.3. The van der Waals surface area contributed by atoms with Crippen molar-refractivity contribution in [1.82, 2.24) is 15.1 Å². The van der Waals surface area contributed by atoms with E-state index in [1.165, 1.54) is 5.69 Å². The highest BCUT2D eigenvalue weighted by molar-refractivity contribution is 9.10. The molecule has 0 radical (unpaired) electrons. The number of piperazine rings is 1. The van der Waals surface area contributed by atoms with Gasteiger partial charge in [-0.1, -0.05) is 34.1 Å². The molecule has 1 N–H and O–H groups in total. The molecule has 0 unspecified atom stereocenters. The van der Waals surface area contributed by atoms with Crippen LogP contribution in [0, 0.1) is 0 Å². The van der Waals surface area contributed by atoms with Crippen LogP contribution in [0.4, 0.5) is 5.69 Å². The maximum absolute atomic E-state index is 12.5. The van der Waals surface area contributed by atoms with E-state index in [4.69, 9.17) is 0 Å². The highest BCUT2D eigenvalue weighted by Crippen LogP contribution is 2.26. The summed E-state index contributed by atoms with van der Waals surface area (Å²) >= 11 is 3.32. The summed E-state index contributed by atoms with van der Waals surface area (Å²) in [6.07, 6.45) is 0.987. The summed E-state index contributed by atoms with van der Waals surface area (Å²) in [5.41, 5.74) is 2.05. The van der Waals surface area contributed by atoms with Crippen molar-refractivity contribution in [2.24, 2.45) is 0 Å². The van der Waals surface area contributed by atoms with Gasteiger partial charge in [-0.15, -0.1) is 0 Å². The first-order chi connectivity index (χ1) is 15.5. The first kappa shape index (κ1) is 22.5. The Labute approximate surface area is 196 Å². The van der Waals surface area contributed by atoms with Crippen molar-refractivity contribution in [3.63, 3.8) is 0 Å². The lowest BCUT2D eigenvalue weighted by molar-refractivity contribution is -0.121. The lowest BCUT2D eigenvalue weighted by Gasteiger charge is -2.36. The molecule has 0 aromatic heterocycles. The molecule has 0 atom stereocenters. The summed E-state index contributed by atoms with van der Waals surface area (Å²) in [5.74, 6) is -0.815. The number of hydrogen-bond acceptors (Lipinski definition) is 5. The Kier molecular flexibility index (Phi) is 7.22. The van der Waals surface area contributed by atoms with Gasteiger partial charge in [0.1, 0.15) is 0 Å². The number of hydrogen-bond donors (Lipinski definition) is 1. The highest BCUT2D eigenvalue weighted by Gasteiger charge is 2.35. The lowest BCUT2D eigenvalue weighted by Crippen LogP contribution is -2.47. The maximum Gasteiger partial charge on any atom is 0.261 e. The topological polar surface area (TPSA) is 73.0 Å². The van der Waals surface area contributed by atoms with Crippen LogP contribution in [0.5, 0.6) is 0 Å². The van der Waals surface area contributed by atoms with Gasteiger partial charge in [-0.25, -0.2) is 0 Å². The first-order valence-electron chi connectivity index (χ1n) is 11.0. The van der Waals surface area contributed by atoms with Crippen molar-refractivity contribution in [1.29, 1.82) is 0 Å². The third-order valence-electron chi connectivity index (χ3n) is 5.96. The van der Waals surface area contributed by atoms with Gasteiger partial charge < -0.3 is 10.2 Å². The summed E-state index contributed by atoms with van der Waals surface area (Å²) in [5, 5.41) is 2.91. The number of benzene rings is 2. The molecule has 4 rings (SSSR count). The number of carbonyl (C=O) groups is 3. The highest BCUT2D eigenvalue weighted by atomic mass is 79.9. The minimum Gasteiger partial charge on any atom is -0.369 e. The second-order valence-corrected chi connectivity index (χ2v) is 8.99. The monoisotopic (exact) mass is 498 g/mol. The Balaban J connectivity index is 1.13. The fourth-order valence-corrected chi connectivity index (χ4v) is 4.53. The van der Waals surface area contributed by atoms with Crippen LogP contribution in [0.2, 0.25) is 0 Å². The first-order valence-corrected chi connectivity index (χ1v) is 11.8. The normalized spacial score (nSPS) is 16.4. The predicted molar refractivity (Wildman–Crippen MR) is 127 cm³/mol. The van der Waals surface area contributed by atoms with Gasteiger partial charge in [0.15, 0.2) is 0 Å². The number of amides is 3. The zero-order valence-electron chi connectivity index (χ0n) is 17.9. The number of fused-ring (bicyclic) bond motifs is 1. The molecule has 0 spiro atoms. The van der Waals surface area contributed by atoms with E-state index in [0.717, 1.165) is 48.5 Å². The van der Waals surface area contributed by atoms with Crippen molar-refractivity contribution in [2.75, 3.05) is 50.7 Å². The van der Waals surface area contributed by atoms with Crippen molar-refractivity contribution in [2.45, 2.75) is 12.8 Å². The van der Waals surface area contributed by atoms with E-state index in [1.54, 1.807) is 18.2 Å². The van der Waals surface area contributed by atoms with Crippen LogP contribution in [0.15, 0.2) is 53.0 Å². The zero-order valence-corrected chi connectivity index (χ0v) is 19.5. The number of imide groups is 1. The molecule has 3 amide bonds. The average Bonchev–Trinajstić information content (AvgIpc) is 3.05. The molecule has 168 valence electrons. The summed E-state index contributed by atoms with van der Waals surface area (Å²) in [6, 6.07) is 15.5. The molecular weight excluding hydrogens is 472 g/mol. The van der Waals surface area contributed by atoms with E-state index in [-0.39, 0.29) is 30.7 Å². The molecule has 2 aromatic carbocycles. The summed E-state index contributed by atoms with van der Waals surface area (Å²) < 4.78 is 0.749. The van der Waals surface area contributed by atoms with Crippen molar-refractivity contribution >= 4 is 39.3 Å². The van der Waals surface area contributed by atoms with Crippen LogP contribution < -0.4 is 10.2 Å². The quantitative estimate of drug-likeness (QED) is 0.447. The molecular formula is C24H27BrN4O3. The molecule has 0 aliphatic carbocycles. The number of carbonyl (C=O) groups excluding carboxylic acids is 3. The lowest BCUT2D eigenvalue weighted by atomic mass is 10.1.